The van der Waals surface area contributed by atoms with Gasteiger partial charge in [0.1, 0.15) is 0 Å². The Hall–Kier alpha value is -5.87. The molecular formula is C41H28N4. The number of benzene rings is 6. The van der Waals surface area contributed by atoms with Gasteiger partial charge < -0.3 is 4.90 Å². The van der Waals surface area contributed by atoms with Crippen molar-refractivity contribution in [1.82, 2.24) is 15.0 Å². The van der Waals surface area contributed by atoms with E-state index in [1.54, 1.807) is 0 Å². The number of fused-ring (bicyclic) bond motifs is 5. The summed E-state index contributed by atoms with van der Waals surface area (Å²) in [5.41, 5.74) is 6.71. The molecule has 1 aromatic heterocycles. The Morgan fingerprint density at radius 3 is 2.04 bits per heavy atom. The predicted octanol–water partition coefficient (Wildman–Crippen LogP) is 9.91. The summed E-state index contributed by atoms with van der Waals surface area (Å²) in [6, 6.07) is 47.0. The molecule has 212 valence electrons. The normalized spacial score (nSPS) is 16.7. The van der Waals surface area contributed by atoms with Crippen LogP contribution in [0, 0.1) is 0 Å². The summed E-state index contributed by atoms with van der Waals surface area (Å²) in [6.07, 6.45) is 8.98. The van der Waals surface area contributed by atoms with Crippen molar-refractivity contribution in [2.75, 3.05) is 4.90 Å². The molecule has 2 unspecified atom stereocenters. The summed E-state index contributed by atoms with van der Waals surface area (Å²) in [5.74, 6) is 2.31. The van der Waals surface area contributed by atoms with Crippen molar-refractivity contribution < 1.29 is 0 Å². The minimum absolute atomic E-state index is 0.225. The molecule has 0 spiro atoms. The topological polar surface area (TPSA) is 41.9 Å². The maximum atomic E-state index is 5.13. The van der Waals surface area contributed by atoms with Crippen molar-refractivity contribution in [3.63, 3.8) is 0 Å². The number of aromatic nitrogens is 3. The van der Waals surface area contributed by atoms with Crippen LogP contribution in [0.4, 0.5) is 11.4 Å². The lowest BCUT2D eigenvalue weighted by atomic mass is 9.91. The lowest BCUT2D eigenvalue weighted by Gasteiger charge is -2.30. The molecule has 45 heavy (non-hydrogen) atoms. The van der Waals surface area contributed by atoms with Gasteiger partial charge in [-0.05, 0) is 46.0 Å². The zero-order valence-corrected chi connectivity index (χ0v) is 24.5. The van der Waals surface area contributed by atoms with E-state index in [-0.39, 0.29) is 6.04 Å². The van der Waals surface area contributed by atoms with Gasteiger partial charge in [-0.2, -0.15) is 0 Å². The number of allylic oxidation sites excluding steroid dienone is 2. The summed E-state index contributed by atoms with van der Waals surface area (Å²) in [6.45, 7) is 0. The van der Waals surface area contributed by atoms with Gasteiger partial charge in [0.2, 0.25) is 0 Å². The van der Waals surface area contributed by atoms with E-state index in [0.29, 0.717) is 23.4 Å². The first kappa shape index (κ1) is 25.6. The number of hydrogen-bond donors (Lipinski definition) is 0. The van der Waals surface area contributed by atoms with E-state index in [2.05, 4.69) is 144 Å². The van der Waals surface area contributed by atoms with Crippen LogP contribution in [0.25, 0.3) is 55.7 Å². The maximum absolute atomic E-state index is 5.13. The molecule has 2 heterocycles. The van der Waals surface area contributed by atoms with E-state index in [9.17, 15) is 0 Å². The van der Waals surface area contributed by atoms with Crippen LogP contribution in [0.5, 0.6) is 0 Å². The van der Waals surface area contributed by atoms with E-state index in [0.717, 1.165) is 27.5 Å². The SMILES string of the molecule is C1=CC2c3ccccc3N(c3ccc(-c4nc(-c5ccccc5)nc(-c5ccc6ccccc6c5)n4)c4ccccc34)C2C=C1. The molecule has 0 N–H and O–H groups in total. The number of rotatable bonds is 4. The van der Waals surface area contributed by atoms with Gasteiger partial charge in [-0.15, -0.1) is 0 Å². The maximum Gasteiger partial charge on any atom is 0.164 e. The van der Waals surface area contributed by atoms with Crippen LogP contribution < -0.4 is 4.90 Å². The fraction of sp³-hybridized carbons (Fsp3) is 0.0488. The van der Waals surface area contributed by atoms with Gasteiger partial charge in [0, 0.05) is 39.4 Å². The molecule has 0 bridgehead atoms. The van der Waals surface area contributed by atoms with Crippen LogP contribution in [-0.4, -0.2) is 21.0 Å². The van der Waals surface area contributed by atoms with Gasteiger partial charge in [0.15, 0.2) is 17.5 Å². The van der Waals surface area contributed by atoms with Crippen LogP contribution in [0.1, 0.15) is 11.5 Å². The monoisotopic (exact) mass is 576 g/mol. The molecule has 0 amide bonds. The van der Waals surface area contributed by atoms with Gasteiger partial charge in [0.05, 0.1) is 6.04 Å². The Kier molecular flexibility index (Phi) is 5.91. The zero-order chi connectivity index (χ0) is 29.7. The Balaban J connectivity index is 1.24. The number of nitrogens with zero attached hydrogens (tertiary/aromatic N) is 4. The average molecular weight is 577 g/mol. The largest absolute Gasteiger partial charge is 0.333 e. The van der Waals surface area contributed by atoms with Gasteiger partial charge in [-0.3, -0.25) is 0 Å². The molecule has 0 saturated carbocycles. The Bertz CT molecular complexity index is 2300. The molecule has 0 saturated heterocycles. The fourth-order valence-electron chi connectivity index (χ4n) is 6.93. The zero-order valence-electron chi connectivity index (χ0n) is 24.5. The average Bonchev–Trinajstić information content (AvgIpc) is 3.45. The van der Waals surface area contributed by atoms with Crippen LogP contribution in [0.15, 0.2) is 158 Å². The summed E-state index contributed by atoms with van der Waals surface area (Å²) in [5, 5.41) is 4.63. The third kappa shape index (κ3) is 4.26. The van der Waals surface area contributed by atoms with Gasteiger partial charge in [-0.1, -0.05) is 133 Å². The summed E-state index contributed by atoms with van der Waals surface area (Å²) < 4.78 is 0. The molecule has 1 aliphatic carbocycles. The highest BCUT2D eigenvalue weighted by Crippen LogP contribution is 2.49. The van der Waals surface area contributed by atoms with Crippen LogP contribution >= 0.6 is 0 Å². The molecule has 4 heteroatoms. The number of hydrogen-bond acceptors (Lipinski definition) is 4. The standard InChI is InChI=1S/C41H28N4/c1-2-13-28(14-3-1)39-42-40(30-23-22-27-12-4-5-15-29(27)26-30)44-41(43-39)35-24-25-38(32-17-7-6-16-31(32)35)45-36-20-10-8-18-33(36)34-19-9-11-21-37(34)45/h1-26,33,36H. The molecule has 9 rings (SSSR count). The van der Waals surface area contributed by atoms with Gasteiger partial charge >= 0.3 is 0 Å². The van der Waals surface area contributed by atoms with Gasteiger partial charge in [-0.25, -0.2) is 15.0 Å². The van der Waals surface area contributed by atoms with Crippen LogP contribution in [0.2, 0.25) is 0 Å². The first-order chi connectivity index (χ1) is 22.3. The third-order valence-corrected chi connectivity index (χ3v) is 9.04. The van der Waals surface area contributed by atoms with E-state index >= 15 is 0 Å². The summed E-state index contributed by atoms with van der Waals surface area (Å²) in [7, 11) is 0. The smallest absolute Gasteiger partial charge is 0.164 e. The second-order valence-corrected chi connectivity index (χ2v) is 11.6. The molecule has 2 atom stereocenters. The van der Waals surface area contributed by atoms with E-state index in [1.807, 2.05) is 18.2 Å². The molecule has 0 fully saturated rings. The Morgan fingerprint density at radius 1 is 0.467 bits per heavy atom. The van der Waals surface area contributed by atoms with Crippen molar-refractivity contribution in [3.8, 4) is 34.2 Å². The lowest BCUT2D eigenvalue weighted by molar-refractivity contribution is 0.746. The van der Waals surface area contributed by atoms with Gasteiger partial charge in [0.25, 0.3) is 0 Å². The Morgan fingerprint density at radius 2 is 1.16 bits per heavy atom. The highest BCUT2D eigenvalue weighted by atomic mass is 15.2. The van der Waals surface area contributed by atoms with E-state index < -0.39 is 0 Å². The van der Waals surface area contributed by atoms with E-state index in [4.69, 9.17) is 15.0 Å². The molecule has 4 nitrogen and oxygen atoms in total. The summed E-state index contributed by atoms with van der Waals surface area (Å²) in [4.78, 5) is 17.7. The quantitative estimate of drug-likeness (QED) is 0.209. The Labute approximate surface area is 261 Å². The molecule has 7 aromatic rings. The highest BCUT2D eigenvalue weighted by Gasteiger charge is 2.37. The van der Waals surface area contributed by atoms with Crippen LogP contribution in [-0.2, 0) is 0 Å². The van der Waals surface area contributed by atoms with Crippen molar-refractivity contribution in [3.05, 3.63) is 163 Å². The van der Waals surface area contributed by atoms with E-state index in [1.165, 1.54) is 27.7 Å². The third-order valence-electron chi connectivity index (χ3n) is 9.04. The first-order valence-corrected chi connectivity index (χ1v) is 15.4. The van der Waals surface area contributed by atoms with Crippen molar-refractivity contribution in [1.29, 1.82) is 0 Å². The van der Waals surface area contributed by atoms with Crippen molar-refractivity contribution >= 4 is 32.9 Å². The van der Waals surface area contributed by atoms with Crippen LogP contribution in [0.3, 0.4) is 0 Å². The van der Waals surface area contributed by atoms with Crippen molar-refractivity contribution in [2.24, 2.45) is 0 Å². The minimum atomic E-state index is 0.225. The second kappa shape index (κ2) is 10.4. The molecule has 2 aliphatic rings. The van der Waals surface area contributed by atoms with Crippen molar-refractivity contribution in [2.45, 2.75) is 12.0 Å². The number of anilines is 2. The minimum Gasteiger partial charge on any atom is -0.333 e. The fourth-order valence-corrected chi connectivity index (χ4v) is 6.93. The molecule has 0 radical (unpaired) electrons. The second-order valence-electron chi connectivity index (χ2n) is 11.6. The number of para-hydroxylation sites is 1. The molecule has 6 aromatic carbocycles. The lowest BCUT2D eigenvalue weighted by Crippen LogP contribution is -2.28. The predicted molar refractivity (Wildman–Crippen MR) is 185 cm³/mol. The molecular weight excluding hydrogens is 548 g/mol. The molecule has 1 aliphatic heterocycles. The first-order valence-electron chi connectivity index (χ1n) is 15.4. The summed E-state index contributed by atoms with van der Waals surface area (Å²) >= 11 is 0. The highest BCUT2D eigenvalue weighted by molar-refractivity contribution is 6.05.